The summed E-state index contributed by atoms with van der Waals surface area (Å²) >= 11 is 0. The van der Waals surface area contributed by atoms with Crippen LogP contribution in [0.4, 0.5) is 11.4 Å². The van der Waals surface area contributed by atoms with Gasteiger partial charge in [0.15, 0.2) is 0 Å². The number of piperazine rings is 1. The molecule has 1 aliphatic heterocycles. The van der Waals surface area contributed by atoms with Crippen LogP contribution in [-0.2, 0) is 6.54 Å². The van der Waals surface area contributed by atoms with Crippen molar-refractivity contribution < 1.29 is 0 Å². The van der Waals surface area contributed by atoms with E-state index in [0.717, 1.165) is 52.2 Å². The summed E-state index contributed by atoms with van der Waals surface area (Å²) in [5, 5.41) is 3.43. The van der Waals surface area contributed by atoms with E-state index >= 15 is 0 Å². The van der Waals surface area contributed by atoms with Gasteiger partial charge in [-0.15, -0.1) is 0 Å². The molecule has 0 bridgehead atoms. The first-order valence-electron chi connectivity index (χ1n) is 8.91. The number of nitrogens with two attached hydrogens (primary N) is 1. The number of para-hydroxylation sites is 1. The average molecular weight is 324 g/mol. The van der Waals surface area contributed by atoms with Crippen molar-refractivity contribution in [2.75, 3.05) is 49.1 Å². The third-order valence-electron chi connectivity index (χ3n) is 4.59. The summed E-state index contributed by atoms with van der Waals surface area (Å²) in [6.07, 6.45) is 1.03. The third-order valence-corrected chi connectivity index (χ3v) is 4.59. The second-order valence-electron chi connectivity index (χ2n) is 6.30. The maximum Gasteiger partial charge on any atom is 0.0367 e. The number of hydrogen-bond acceptors (Lipinski definition) is 4. The van der Waals surface area contributed by atoms with Crippen molar-refractivity contribution in [2.45, 2.75) is 13.0 Å². The van der Waals surface area contributed by atoms with Gasteiger partial charge in [0.2, 0.25) is 0 Å². The smallest absolute Gasteiger partial charge is 0.0367 e. The van der Waals surface area contributed by atoms with Gasteiger partial charge in [0.1, 0.15) is 0 Å². The van der Waals surface area contributed by atoms with Crippen LogP contribution < -0.4 is 20.9 Å². The fourth-order valence-electron chi connectivity index (χ4n) is 3.15. The molecule has 2 aromatic rings. The van der Waals surface area contributed by atoms with Crippen molar-refractivity contribution in [3.05, 3.63) is 60.2 Å². The van der Waals surface area contributed by atoms with E-state index in [2.05, 4.69) is 69.7 Å². The fourth-order valence-corrected chi connectivity index (χ4v) is 3.15. The molecular formula is C20H28N4. The van der Waals surface area contributed by atoms with Crippen LogP contribution in [0.25, 0.3) is 0 Å². The summed E-state index contributed by atoms with van der Waals surface area (Å²) in [6.45, 7) is 6.95. The molecule has 1 saturated heterocycles. The van der Waals surface area contributed by atoms with Crippen LogP contribution in [0.2, 0.25) is 0 Å². The Morgan fingerprint density at radius 3 is 1.96 bits per heavy atom. The first-order valence-corrected chi connectivity index (χ1v) is 8.91. The summed E-state index contributed by atoms with van der Waals surface area (Å²) in [7, 11) is 0. The normalized spacial score (nSPS) is 14.9. The summed E-state index contributed by atoms with van der Waals surface area (Å²) in [5.41, 5.74) is 9.50. The van der Waals surface area contributed by atoms with Gasteiger partial charge < -0.3 is 20.9 Å². The van der Waals surface area contributed by atoms with Crippen molar-refractivity contribution in [2.24, 2.45) is 5.73 Å². The molecular weight excluding hydrogens is 296 g/mol. The highest BCUT2D eigenvalue weighted by Gasteiger charge is 2.17. The van der Waals surface area contributed by atoms with Crippen molar-refractivity contribution in [1.29, 1.82) is 0 Å². The van der Waals surface area contributed by atoms with Crippen molar-refractivity contribution in [3.63, 3.8) is 0 Å². The highest BCUT2D eigenvalue weighted by molar-refractivity contribution is 5.52. The van der Waals surface area contributed by atoms with E-state index < -0.39 is 0 Å². The Labute approximate surface area is 145 Å². The maximum atomic E-state index is 5.51. The van der Waals surface area contributed by atoms with Gasteiger partial charge >= 0.3 is 0 Å². The molecule has 3 rings (SSSR count). The summed E-state index contributed by atoms with van der Waals surface area (Å²) < 4.78 is 0. The molecule has 0 unspecified atom stereocenters. The molecule has 4 heteroatoms. The second kappa shape index (κ2) is 8.71. The molecule has 1 heterocycles. The van der Waals surface area contributed by atoms with Crippen LogP contribution in [0.1, 0.15) is 12.0 Å². The van der Waals surface area contributed by atoms with Crippen LogP contribution in [0.3, 0.4) is 0 Å². The predicted molar refractivity (Wildman–Crippen MR) is 103 cm³/mol. The lowest BCUT2D eigenvalue weighted by Gasteiger charge is -2.37. The minimum absolute atomic E-state index is 0.751. The standard InChI is InChI=1S/C20H28N4/c21-11-4-12-22-17-18-7-9-20(10-8-18)24-15-13-23(14-16-24)19-5-2-1-3-6-19/h1-3,5-10,22H,4,11-17,21H2. The molecule has 0 amide bonds. The van der Waals surface area contributed by atoms with E-state index in [1.54, 1.807) is 0 Å². The zero-order chi connectivity index (χ0) is 16.6. The molecule has 1 fully saturated rings. The Balaban J connectivity index is 1.49. The Morgan fingerprint density at radius 2 is 1.38 bits per heavy atom. The molecule has 0 aliphatic carbocycles. The fraction of sp³-hybridized carbons (Fsp3) is 0.400. The molecule has 4 nitrogen and oxygen atoms in total. The van der Waals surface area contributed by atoms with Crippen molar-refractivity contribution in [1.82, 2.24) is 5.32 Å². The number of benzene rings is 2. The molecule has 0 atom stereocenters. The quantitative estimate of drug-likeness (QED) is 0.768. The van der Waals surface area contributed by atoms with Gasteiger partial charge in [-0.2, -0.15) is 0 Å². The van der Waals surface area contributed by atoms with Gasteiger partial charge in [-0.1, -0.05) is 30.3 Å². The lowest BCUT2D eigenvalue weighted by molar-refractivity contribution is 0.650. The molecule has 128 valence electrons. The van der Waals surface area contributed by atoms with Crippen LogP contribution in [0, 0.1) is 0 Å². The maximum absolute atomic E-state index is 5.51. The van der Waals surface area contributed by atoms with Crippen molar-refractivity contribution >= 4 is 11.4 Å². The van der Waals surface area contributed by atoms with Crippen LogP contribution >= 0.6 is 0 Å². The van der Waals surface area contributed by atoms with E-state index in [1.165, 1.54) is 16.9 Å². The van der Waals surface area contributed by atoms with Crippen LogP contribution in [0.5, 0.6) is 0 Å². The van der Waals surface area contributed by atoms with E-state index in [1.807, 2.05) is 0 Å². The number of anilines is 2. The highest BCUT2D eigenvalue weighted by Crippen LogP contribution is 2.20. The molecule has 0 radical (unpaired) electrons. The lowest BCUT2D eigenvalue weighted by Crippen LogP contribution is -2.46. The topological polar surface area (TPSA) is 44.5 Å². The Hall–Kier alpha value is -2.04. The zero-order valence-corrected chi connectivity index (χ0v) is 14.3. The summed E-state index contributed by atoms with van der Waals surface area (Å²) in [4.78, 5) is 4.94. The minimum atomic E-state index is 0.751. The monoisotopic (exact) mass is 324 g/mol. The molecule has 2 aromatic carbocycles. The van der Waals surface area contributed by atoms with Gasteiger partial charge in [0.05, 0.1) is 0 Å². The summed E-state index contributed by atoms with van der Waals surface area (Å²) in [6, 6.07) is 19.7. The largest absolute Gasteiger partial charge is 0.368 e. The lowest BCUT2D eigenvalue weighted by atomic mass is 10.1. The van der Waals surface area contributed by atoms with Crippen molar-refractivity contribution in [3.8, 4) is 0 Å². The van der Waals surface area contributed by atoms with E-state index in [0.29, 0.717) is 0 Å². The van der Waals surface area contributed by atoms with Crippen LogP contribution in [-0.4, -0.2) is 39.3 Å². The number of nitrogens with one attached hydrogen (secondary N) is 1. The molecule has 0 aromatic heterocycles. The van der Waals surface area contributed by atoms with Gasteiger partial charge in [-0.25, -0.2) is 0 Å². The number of hydrogen-bond donors (Lipinski definition) is 2. The Kier molecular flexibility index (Phi) is 6.10. The van der Waals surface area contributed by atoms with Crippen LogP contribution in [0.15, 0.2) is 54.6 Å². The third kappa shape index (κ3) is 4.49. The zero-order valence-electron chi connectivity index (χ0n) is 14.3. The minimum Gasteiger partial charge on any atom is -0.368 e. The van der Waals surface area contributed by atoms with Gasteiger partial charge in [0, 0.05) is 44.1 Å². The first kappa shape index (κ1) is 16.8. The molecule has 1 aliphatic rings. The van der Waals surface area contributed by atoms with E-state index in [-0.39, 0.29) is 0 Å². The van der Waals surface area contributed by atoms with Gasteiger partial charge in [0.25, 0.3) is 0 Å². The highest BCUT2D eigenvalue weighted by atomic mass is 15.3. The molecule has 0 saturated carbocycles. The second-order valence-corrected chi connectivity index (χ2v) is 6.30. The van der Waals surface area contributed by atoms with E-state index in [4.69, 9.17) is 5.73 Å². The van der Waals surface area contributed by atoms with E-state index in [9.17, 15) is 0 Å². The number of rotatable bonds is 7. The first-order chi connectivity index (χ1) is 11.9. The molecule has 24 heavy (non-hydrogen) atoms. The average Bonchev–Trinajstić information content (AvgIpc) is 2.67. The Morgan fingerprint density at radius 1 is 0.792 bits per heavy atom. The summed E-state index contributed by atoms with van der Waals surface area (Å²) in [5.74, 6) is 0. The number of nitrogens with zero attached hydrogens (tertiary/aromatic N) is 2. The molecule has 3 N–H and O–H groups in total. The predicted octanol–water partition coefficient (Wildman–Crippen LogP) is 2.45. The van der Waals surface area contributed by atoms with Gasteiger partial charge in [-0.3, -0.25) is 0 Å². The Bertz CT molecular complexity index is 589. The van der Waals surface area contributed by atoms with Gasteiger partial charge in [-0.05, 0) is 49.3 Å². The molecule has 0 spiro atoms. The SMILES string of the molecule is NCCCNCc1ccc(N2CCN(c3ccccc3)CC2)cc1.